The Bertz CT molecular complexity index is 1380. The third-order valence-electron chi connectivity index (χ3n) is 5.19. The molecule has 0 radical (unpaired) electrons. The molecular formula is C26H28Cl2N4O5S. The Hall–Kier alpha value is -3.31. The zero-order chi connectivity index (χ0) is 27.7. The second kappa shape index (κ2) is 13.5. The fourth-order valence-corrected chi connectivity index (χ4v) is 4.77. The number of amides is 2. The SMILES string of the molecule is CN(C)CCCNC(=O)CNC(=O)c1ccc(S(=O)(=O)Nc2ccccc2Oc2ccc(Cl)cc2Cl)cc1. The molecule has 3 N–H and O–H groups in total. The average molecular weight is 580 g/mol. The van der Waals surface area contributed by atoms with Crippen LogP contribution in [0.5, 0.6) is 11.5 Å². The van der Waals surface area contributed by atoms with Crippen molar-refractivity contribution in [2.24, 2.45) is 0 Å². The number of para-hydroxylation sites is 2. The van der Waals surface area contributed by atoms with Crippen molar-refractivity contribution in [2.75, 3.05) is 38.5 Å². The van der Waals surface area contributed by atoms with Crippen molar-refractivity contribution >= 4 is 50.7 Å². The molecular weight excluding hydrogens is 551 g/mol. The quantitative estimate of drug-likeness (QED) is 0.274. The third kappa shape index (κ3) is 8.63. The van der Waals surface area contributed by atoms with Crippen LogP contribution in [0.25, 0.3) is 0 Å². The highest BCUT2D eigenvalue weighted by Crippen LogP contribution is 2.35. The van der Waals surface area contributed by atoms with E-state index in [-0.39, 0.29) is 39.4 Å². The number of rotatable bonds is 12. The summed E-state index contributed by atoms with van der Waals surface area (Å²) < 4.78 is 34.3. The van der Waals surface area contributed by atoms with Gasteiger partial charge in [-0.3, -0.25) is 14.3 Å². The summed E-state index contributed by atoms with van der Waals surface area (Å²) in [5.74, 6) is -0.262. The molecule has 2 amide bonds. The number of hydrogen-bond acceptors (Lipinski definition) is 6. The van der Waals surface area contributed by atoms with E-state index >= 15 is 0 Å². The van der Waals surface area contributed by atoms with Crippen molar-refractivity contribution in [3.8, 4) is 11.5 Å². The van der Waals surface area contributed by atoms with E-state index in [4.69, 9.17) is 27.9 Å². The highest BCUT2D eigenvalue weighted by molar-refractivity contribution is 7.92. The van der Waals surface area contributed by atoms with E-state index in [0.29, 0.717) is 17.3 Å². The van der Waals surface area contributed by atoms with Gasteiger partial charge < -0.3 is 20.3 Å². The fraction of sp³-hybridized carbons (Fsp3) is 0.231. The molecule has 0 spiro atoms. The van der Waals surface area contributed by atoms with Crippen LogP contribution in [-0.4, -0.2) is 58.9 Å². The van der Waals surface area contributed by atoms with Crippen molar-refractivity contribution < 1.29 is 22.7 Å². The van der Waals surface area contributed by atoms with Crippen LogP contribution in [0, 0.1) is 0 Å². The largest absolute Gasteiger partial charge is 0.454 e. The third-order valence-corrected chi connectivity index (χ3v) is 7.10. The zero-order valence-electron chi connectivity index (χ0n) is 20.8. The number of sulfonamides is 1. The molecule has 38 heavy (non-hydrogen) atoms. The smallest absolute Gasteiger partial charge is 0.262 e. The highest BCUT2D eigenvalue weighted by Gasteiger charge is 2.18. The molecule has 0 aliphatic carbocycles. The first-order valence-electron chi connectivity index (χ1n) is 11.6. The Kier molecular flexibility index (Phi) is 10.4. The van der Waals surface area contributed by atoms with E-state index < -0.39 is 15.9 Å². The summed E-state index contributed by atoms with van der Waals surface area (Å²) in [5.41, 5.74) is 0.405. The predicted molar refractivity (Wildman–Crippen MR) is 149 cm³/mol. The number of carbonyl (C=O) groups is 2. The van der Waals surface area contributed by atoms with Crippen molar-refractivity contribution in [2.45, 2.75) is 11.3 Å². The molecule has 0 saturated heterocycles. The second-order valence-electron chi connectivity index (χ2n) is 8.49. The van der Waals surface area contributed by atoms with Crippen molar-refractivity contribution in [3.63, 3.8) is 0 Å². The van der Waals surface area contributed by atoms with Crippen molar-refractivity contribution in [3.05, 3.63) is 82.3 Å². The Morgan fingerprint density at radius 2 is 1.63 bits per heavy atom. The van der Waals surface area contributed by atoms with E-state index in [1.54, 1.807) is 36.4 Å². The Labute approximate surface area is 232 Å². The molecule has 12 heteroatoms. The number of nitrogens with zero attached hydrogens (tertiary/aromatic N) is 1. The van der Waals surface area contributed by atoms with E-state index in [1.807, 2.05) is 19.0 Å². The van der Waals surface area contributed by atoms with Crippen LogP contribution in [0.15, 0.2) is 71.6 Å². The molecule has 3 aromatic rings. The molecule has 0 aliphatic rings. The van der Waals surface area contributed by atoms with Gasteiger partial charge in [-0.25, -0.2) is 8.42 Å². The minimum atomic E-state index is -4.02. The number of anilines is 1. The lowest BCUT2D eigenvalue weighted by atomic mass is 10.2. The Morgan fingerprint density at radius 1 is 0.921 bits per heavy atom. The van der Waals surface area contributed by atoms with E-state index in [0.717, 1.165) is 13.0 Å². The maximum Gasteiger partial charge on any atom is 0.262 e. The number of nitrogens with one attached hydrogen (secondary N) is 3. The van der Waals surface area contributed by atoms with Crippen LogP contribution >= 0.6 is 23.2 Å². The number of halogens is 2. The summed E-state index contributed by atoms with van der Waals surface area (Å²) in [5, 5.41) is 5.96. The number of ether oxygens (including phenoxy) is 1. The molecule has 0 unspecified atom stereocenters. The van der Waals surface area contributed by atoms with Gasteiger partial charge in [0, 0.05) is 17.1 Å². The second-order valence-corrected chi connectivity index (χ2v) is 11.0. The molecule has 3 rings (SSSR count). The molecule has 0 atom stereocenters. The van der Waals surface area contributed by atoms with Gasteiger partial charge in [-0.2, -0.15) is 0 Å². The van der Waals surface area contributed by atoms with E-state index in [2.05, 4.69) is 15.4 Å². The lowest BCUT2D eigenvalue weighted by Crippen LogP contribution is -2.37. The van der Waals surface area contributed by atoms with Gasteiger partial charge in [-0.15, -0.1) is 0 Å². The lowest BCUT2D eigenvalue weighted by molar-refractivity contribution is -0.120. The molecule has 9 nitrogen and oxygen atoms in total. The van der Waals surface area contributed by atoms with Crippen LogP contribution in [0.1, 0.15) is 16.8 Å². The van der Waals surface area contributed by atoms with Crippen molar-refractivity contribution in [1.29, 1.82) is 0 Å². The van der Waals surface area contributed by atoms with Gasteiger partial charge in [-0.05, 0) is 81.7 Å². The summed E-state index contributed by atoms with van der Waals surface area (Å²) in [6.45, 7) is 1.16. The summed E-state index contributed by atoms with van der Waals surface area (Å²) in [6.07, 6.45) is 0.794. The Morgan fingerprint density at radius 3 is 2.32 bits per heavy atom. The predicted octanol–water partition coefficient (Wildman–Crippen LogP) is 4.38. The molecule has 0 bridgehead atoms. The first-order chi connectivity index (χ1) is 18.0. The maximum absolute atomic E-state index is 13.0. The van der Waals surface area contributed by atoms with Gasteiger partial charge in [0.05, 0.1) is 22.2 Å². The first kappa shape index (κ1) is 29.2. The van der Waals surface area contributed by atoms with Gasteiger partial charge in [0.25, 0.3) is 15.9 Å². The van der Waals surface area contributed by atoms with Crippen LogP contribution in [0.2, 0.25) is 10.0 Å². The van der Waals surface area contributed by atoms with Crippen LogP contribution < -0.4 is 20.1 Å². The summed E-state index contributed by atoms with van der Waals surface area (Å²) in [4.78, 5) is 26.2. The first-order valence-corrected chi connectivity index (χ1v) is 13.8. The van der Waals surface area contributed by atoms with Gasteiger partial charge in [-0.1, -0.05) is 35.3 Å². The Balaban J connectivity index is 1.61. The zero-order valence-corrected chi connectivity index (χ0v) is 23.2. The minimum Gasteiger partial charge on any atom is -0.454 e. The minimum absolute atomic E-state index is 0.0630. The van der Waals surface area contributed by atoms with Gasteiger partial charge in [0.15, 0.2) is 5.75 Å². The molecule has 0 fully saturated rings. The van der Waals surface area contributed by atoms with Gasteiger partial charge in [0.2, 0.25) is 5.91 Å². The monoisotopic (exact) mass is 578 g/mol. The molecule has 0 aromatic heterocycles. The maximum atomic E-state index is 13.0. The molecule has 3 aromatic carbocycles. The molecule has 0 aliphatic heterocycles. The topological polar surface area (TPSA) is 117 Å². The highest BCUT2D eigenvalue weighted by atomic mass is 35.5. The van der Waals surface area contributed by atoms with Crippen molar-refractivity contribution in [1.82, 2.24) is 15.5 Å². The van der Waals surface area contributed by atoms with E-state index in [9.17, 15) is 18.0 Å². The molecule has 202 valence electrons. The van der Waals surface area contributed by atoms with Crippen LogP contribution in [-0.2, 0) is 14.8 Å². The van der Waals surface area contributed by atoms with Gasteiger partial charge >= 0.3 is 0 Å². The average Bonchev–Trinajstić information content (AvgIpc) is 2.87. The number of hydrogen-bond donors (Lipinski definition) is 3. The number of carbonyl (C=O) groups excluding carboxylic acids is 2. The summed E-state index contributed by atoms with van der Waals surface area (Å²) >= 11 is 12.1. The summed E-state index contributed by atoms with van der Waals surface area (Å²) in [7, 11) is -0.124. The lowest BCUT2D eigenvalue weighted by Gasteiger charge is -2.14. The summed E-state index contributed by atoms with van der Waals surface area (Å²) in [6, 6.07) is 16.5. The van der Waals surface area contributed by atoms with Crippen LogP contribution in [0.4, 0.5) is 5.69 Å². The fourth-order valence-electron chi connectivity index (χ4n) is 3.25. The molecule has 0 heterocycles. The van der Waals surface area contributed by atoms with E-state index in [1.165, 1.54) is 30.3 Å². The van der Waals surface area contributed by atoms with Gasteiger partial charge in [0.1, 0.15) is 5.75 Å². The number of benzene rings is 3. The standard InChI is InChI=1S/C26H28Cl2N4O5S/c1-32(2)15-5-14-29-25(33)17-30-26(34)18-8-11-20(12-9-18)38(35,36)31-22-6-3-4-7-24(22)37-23-13-10-19(27)16-21(23)28/h3-4,6-13,16,31H,5,14-15,17H2,1-2H3,(H,29,33)(H,30,34). The molecule has 0 saturated carbocycles. The van der Waals surface area contributed by atoms with Crippen LogP contribution in [0.3, 0.4) is 0 Å². The normalized spacial score (nSPS) is 11.2.